The van der Waals surface area contributed by atoms with Crippen molar-refractivity contribution in [1.29, 1.82) is 0 Å². The van der Waals surface area contributed by atoms with Gasteiger partial charge >= 0.3 is 0 Å². The van der Waals surface area contributed by atoms with Crippen LogP contribution in [-0.2, 0) is 6.42 Å². The summed E-state index contributed by atoms with van der Waals surface area (Å²) in [5.74, 6) is 1.45. The monoisotopic (exact) mass is 306 g/mol. The molecule has 2 rings (SSSR count). The molecular formula is C13H15BrN4. The lowest BCUT2D eigenvalue weighted by atomic mass is 10.2. The van der Waals surface area contributed by atoms with E-state index in [1.807, 2.05) is 32.2 Å². The largest absolute Gasteiger partial charge is 0.372 e. The van der Waals surface area contributed by atoms with Crippen molar-refractivity contribution in [3.8, 4) is 11.5 Å². The maximum atomic E-state index is 4.55. The van der Waals surface area contributed by atoms with Crippen LogP contribution in [0.15, 0.2) is 22.7 Å². The third kappa shape index (κ3) is 2.51. The number of pyridine rings is 1. The second-order valence-electron chi connectivity index (χ2n) is 3.92. The Labute approximate surface area is 115 Å². The summed E-state index contributed by atoms with van der Waals surface area (Å²) >= 11 is 3.51. The smallest absolute Gasteiger partial charge is 0.180 e. The number of anilines is 1. The third-order valence-electron chi connectivity index (χ3n) is 2.61. The molecular weight excluding hydrogens is 292 g/mol. The second-order valence-corrected chi connectivity index (χ2v) is 4.72. The Balaban J connectivity index is 2.58. The first-order valence-corrected chi connectivity index (χ1v) is 6.63. The van der Waals surface area contributed by atoms with Gasteiger partial charge in [0, 0.05) is 12.7 Å². The van der Waals surface area contributed by atoms with Gasteiger partial charge in [-0.15, -0.1) is 0 Å². The van der Waals surface area contributed by atoms with E-state index in [9.17, 15) is 0 Å². The van der Waals surface area contributed by atoms with Crippen LogP contribution in [0.4, 0.5) is 5.82 Å². The molecule has 2 aromatic rings. The lowest BCUT2D eigenvalue weighted by molar-refractivity contribution is 0.982. The normalized spacial score (nSPS) is 10.4. The summed E-state index contributed by atoms with van der Waals surface area (Å²) in [7, 11) is 1.85. The van der Waals surface area contributed by atoms with Crippen LogP contribution in [0.2, 0.25) is 0 Å². The van der Waals surface area contributed by atoms with Crippen molar-refractivity contribution in [2.75, 3.05) is 12.4 Å². The highest BCUT2D eigenvalue weighted by molar-refractivity contribution is 9.10. The summed E-state index contributed by atoms with van der Waals surface area (Å²) in [4.78, 5) is 13.5. The minimum Gasteiger partial charge on any atom is -0.372 e. The van der Waals surface area contributed by atoms with Crippen LogP contribution in [0.25, 0.3) is 11.5 Å². The van der Waals surface area contributed by atoms with Gasteiger partial charge in [0.25, 0.3) is 0 Å². The van der Waals surface area contributed by atoms with E-state index in [2.05, 4.69) is 43.1 Å². The fraction of sp³-hybridized carbons (Fsp3) is 0.308. The van der Waals surface area contributed by atoms with Gasteiger partial charge in [0.1, 0.15) is 11.5 Å². The van der Waals surface area contributed by atoms with Crippen LogP contribution in [0, 0.1) is 6.92 Å². The molecule has 2 heterocycles. The number of rotatable bonds is 3. The van der Waals surface area contributed by atoms with Crippen molar-refractivity contribution in [2.24, 2.45) is 0 Å². The zero-order chi connectivity index (χ0) is 13.1. The first-order chi connectivity index (χ1) is 8.65. The molecule has 0 amide bonds. The molecule has 1 N–H and O–H groups in total. The van der Waals surface area contributed by atoms with E-state index < -0.39 is 0 Å². The Kier molecular flexibility index (Phi) is 3.91. The minimum absolute atomic E-state index is 0.656. The second kappa shape index (κ2) is 5.44. The molecule has 94 valence electrons. The maximum Gasteiger partial charge on any atom is 0.180 e. The highest BCUT2D eigenvalue weighted by Crippen LogP contribution is 2.26. The molecule has 0 radical (unpaired) electrons. The highest BCUT2D eigenvalue weighted by Gasteiger charge is 2.12. The van der Waals surface area contributed by atoms with Crippen molar-refractivity contribution in [1.82, 2.24) is 15.0 Å². The fourth-order valence-electron chi connectivity index (χ4n) is 1.68. The molecule has 0 aliphatic heterocycles. The van der Waals surface area contributed by atoms with E-state index in [1.165, 1.54) is 0 Å². The predicted octanol–water partition coefficient (Wildman–Crippen LogP) is 3.21. The number of halogens is 1. The van der Waals surface area contributed by atoms with Gasteiger partial charge in [-0.1, -0.05) is 13.0 Å². The van der Waals surface area contributed by atoms with E-state index >= 15 is 0 Å². The Morgan fingerprint density at radius 1 is 1.22 bits per heavy atom. The van der Waals surface area contributed by atoms with Gasteiger partial charge in [0.15, 0.2) is 5.82 Å². The van der Waals surface area contributed by atoms with Crippen molar-refractivity contribution in [3.63, 3.8) is 0 Å². The van der Waals surface area contributed by atoms with E-state index in [0.717, 1.165) is 33.8 Å². The molecule has 0 aliphatic carbocycles. The Morgan fingerprint density at radius 3 is 2.61 bits per heavy atom. The van der Waals surface area contributed by atoms with Crippen LogP contribution >= 0.6 is 15.9 Å². The Hall–Kier alpha value is -1.49. The van der Waals surface area contributed by atoms with Crippen LogP contribution in [0.5, 0.6) is 0 Å². The molecule has 0 saturated carbocycles. The summed E-state index contributed by atoms with van der Waals surface area (Å²) in [6.45, 7) is 4.03. The molecule has 0 spiro atoms. The first kappa shape index (κ1) is 13.0. The predicted molar refractivity (Wildman–Crippen MR) is 76.6 cm³/mol. The molecule has 18 heavy (non-hydrogen) atoms. The summed E-state index contributed by atoms with van der Waals surface area (Å²) in [5, 5.41) is 3.07. The average Bonchev–Trinajstić information content (AvgIpc) is 2.39. The van der Waals surface area contributed by atoms with Gasteiger partial charge in [-0.05, 0) is 41.4 Å². The van der Waals surface area contributed by atoms with E-state index in [4.69, 9.17) is 0 Å². The first-order valence-electron chi connectivity index (χ1n) is 5.84. The van der Waals surface area contributed by atoms with Crippen molar-refractivity contribution in [3.05, 3.63) is 34.1 Å². The van der Waals surface area contributed by atoms with Gasteiger partial charge < -0.3 is 5.32 Å². The number of nitrogens with zero attached hydrogens (tertiary/aromatic N) is 3. The summed E-state index contributed by atoms with van der Waals surface area (Å²) < 4.78 is 0.920. The minimum atomic E-state index is 0.656. The van der Waals surface area contributed by atoms with Crippen LogP contribution in [0.3, 0.4) is 0 Å². The number of hydrogen-bond donors (Lipinski definition) is 1. The Bertz CT molecular complexity index is 544. The molecule has 0 saturated heterocycles. The number of aryl methyl sites for hydroxylation is 2. The van der Waals surface area contributed by atoms with E-state index in [-0.39, 0.29) is 0 Å². The number of nitrogens with one attached hydrogen (secondary N) is 1. The summed E-state index contributed by atoms with van der Waals surface area (Å²) in [6, 6.07) is 5.85. The lowest BCUT2D eigenvalue weighted by Crippen LogP contribution is -2.03. The summed E-state index contributed by atoms with van der Waals surface area (Å²) in [5.41, 5.74) is 2.74. The maximum absolute atomic E-state index is 4.55. The summed E-state index contributed by atoms with van der Waals surface area (Å²) in [6.07, 6.45) is 0.844. The van der Waals surface area contributed by atoms with Gasteiger partial charge in [-0.25, -0.2) is 15.0 Å². The topological polar surface area (TPSA) is 50.7 Å². The van der Waals surface area contributed by atoms with Crippen LogP contribution in [-0.4, -0.2) is 22.0 Å². The lowest BCUT2D eigenvalue weighted by Gasteiger charge is -2.09. The van der Waals surface area contributed by atoms with E-state index in [0.29, 0.717) is 5.82 Å². The zero-order valence-corrected chi connectivity index (χ0v) is 12.2. The van der Waals surface area contributed by atoms with Gasteiger partial charge in [-0.3, -0.25) is 0 Å². The molecule has 0 unspecified atom stereocenters. The molecule has 0 atom stereocenters. The van der Waals surface area contributed by atoms with Gasteiger partial charge in [0.05, 0.1) is 10.2 Å². The van der Waals surface area contributed by atoms with Crippen LogP contribution < -0.4 is 5.32 Å². The third-order valence-corrected chi connectivity index (χ3v) is 3.44. The SMILES string of the molecule is CCc1nc(-c2cccc(C)n2)nc(NC)c1Br. The molecule has 0 fully saturated rings. The zero-order valence-electron chi connectivity index (χ0n) is 10.7. The standard InChI is InChI=1S/C13H15BrN4/c1-4-9-11(14)13(15-3)18-12(17-9)10-7-5-6-8(2)16-10/h5-7H,4H2,1-3H3,(H,15,17,18). The molecule has 0 bridgehead atoms. The highest BCUT2D eigenvalue weighted by atomic mass is 79.9. The van der Waals surface area contributed by atoms with E-state index in [1.54, 1.807) is 0 Å². The number of hydrogen-bond acceptors (Lipinski definition) is 4. The molecule has 0 aliphatic rings. The Morgan fingerprint density at radius 2 is 2.00 bits per heavy atom. The average molecular weight is 307 g/mol. The number of aromatic nitrogens is 3. The molecule has 5 heteroatoms. The van der Waals surface area contributed by atoms with Gasteiger partial charge in [0.2, 0.25) is 0 Å². The van der Waals surface area contributed by atoms with Crippen molar-refractivity contribution in [2.45, 2.75) is 20.3 Å². The molecule has 4 nitrogen and oxygen atoms in total. The molecule has 0 aromatic carbocycles. The van der Waals surface area contributed by atoms with Gasteiger partial charge in [-0.2, -0.15) is 0 Å². The quantitative estimate of drug-likeness (QED) is 0.946. The van der Waals surface area contributed by atoms with Crippen molar-refractivity contribution < 1.29 is 0 Å². The molecule has 2 aromatic heterocycles. The van der Waals surface area contributed by atoms with Crippen molar-refractivity contribution >= 4 is 21.7 Å². The van der Waals surface area contributed by atoms with Crippen LogP contribution in [0.1, 0.15) is 18.3 Å². The fourth-order valence-corrected chi connectivity index (χ4v) is 2.33.